The molecular weight excluding hydrogens is 489 g/mol. The van der Waals surface area contributed by atoms with E-state index in [0.717, 1.165) is 52.2 Å². The zero-order valence-electron chi connectivity index (χ0n) is 21.5. The lowest BCUT2D eigenvalue weighted by atomic mass is 10.0. The average Bonchev–Trinajstić information content (AvgIpc) is 3.64. The van der Waals surface area contributed by atoms with Gasteiger partial charge in [0.2, 0.25) is 0 Å². The molecule has 1 fully saturated rings. The summed E-state index contributed by atoms with van der Waals surface area (Å²) in [6, 6.07) is 12.2. The number of H-pyrrole nitrogens is 1. The number of rotatable bonds is 8. The summed E-state index contributed by atoms with van der Waals surface area (Å²) in [5.74, 6) is 0.487. The van der Waals surface area contributed by atoms with E-state index < -0.39 is 0 Å². The molecule has 196 valence electrons. The first kappa shape index (κ1) is 24.9. The third kappa shape index (κ3) is 5.28. The van der Waals surface area contributed by atoms with E-state index in [-0.39, 0.29) is 11.5 Å². The fraction of sp³-hybridized carbons (Fsp3) is 0.226. The third-order valence-electron chi connectivity index (χ3n) is 7.50. The number of benzene rings is 1. The number of nitrogens with two attached hydrogens (primary N) is 1. The second-order valence-corrected chi connectivity index (χ2v) is 10.2. The van der Waals surface area contributed by atoms with Crippen molar-refractivity contribution >= 4 is 22.3 Å². The number of nitrogens with one attached hydrogen (secondary N) is 3. The van der Waals surface area contributed by atoms with Crippen LogP contribution in [0.5, 0.6) is 0 Å². The van der Waals surface area contributed by atoms with Gasteiger partial charge in [0.1, 0.15) is 5.82 Å². The van der Waals surface area contributed by atoms with Crippen LogP contribution in [0, 0.1) is 17.1 Å². The first-order valence-electron chi connectivity index (χ1n) is 13.3. The summed E-state index contributed by atoms with van der Waals surface area (Å²) >= 11 is 0. The van der Waals surface area contributed by atoms with Crippen LogP contribution in [0.2, 0.25) is 0 Å². The average molecular weight is 520 g/mol. The Hall–Kier alpha value is -4.43. The van der Waals surface area contributed by atoms with Gasteiger partial charge in [-0.15, -0.1) is 0 Å². The van der Waals surface area contributed by atoms with E-state index >= 15 is 0 Å². The van der Waals surface area contributed by atoms with Gasteiger partial charge in [-0.05, 0) is 66.8 Å². The molecule has 8 heteroatoms. The molecule has 0 aliphatic heterocycles. The van der Waals surface area contributed by atoms with Crippen LogP contribution in [0.1, 0.15) is 42.5 Å². The van der Waals surface area contributed by atoms with Gasteiger partial charge in [0.25, 0.3) is 0 Å². The third-order valence-corrected chi connectivity index (χ3v) is 7.50. The molecule has 0 bridgehead atoms. The van der Waals surface area contributed by atoms with Crippen molar-refractivity contribution in [3.05, 3.63) is 96.1 Å². The predicted molar refractivity (Wildman–Crippen MR) is 153 cm³/mol. The molecule has 5 N–H and O–H groups in total. The summed E-state index contributed by atoms with van der Waals surface area (Å²) in [7, 11) is 0. The number of aromatic nitrogens is 4. The van der Waals surface area contributed by atoms with Crippen LogP contribution >= 0.6 is 0 Å². The minimum atomic E-state index is -0.291. The second kappa shape index (κ2) is 10.7. The molecule has 0 unspecified atom stereocenters. The Bertz CT molecular complexity index is 1640. The van der Waals surface area contributed by atoms with E-state index in [4.69, 9.17) is 11.1 Å². The highest BCUT2D eigenvalue weighted by molar-refractivity contribution is 6.15. The summed E-state index contributed by atoms with van der Waals surface area (Å²) < 4.78 is 13.5. The fourth-order valence-electron chi connectivity index (χ4n) is 5.39. The Balaban J connectivity index is 1.26. The molecule has 4 heterocycles. The van der Waals surface area contributed by atoms with Crippen LogP contribution < -0.4 is 11.1 Å². The zero-order chi connectivity index (χ0) is 26.8. The van der Waals surface area contributed by atoms with Crippen molar-refractivity contribution in [1.29, 1.82) is 5.41 Å². The highest BCUT2D eigenvalue weighted by atomic mass is 19.1. The number of hydrogen-bond acceptors (Lipinski definition) is 6. The minimum absolute atomic E-state index is 0.250. The van der Waals surface area contributed by atoms with Crippen LogP contribution in [0.4, 0.5) is 10.1 Å². The Morgan fingerprint density at radius 3 is 2.59 bits per heavy atom. The van der Waals surface area contributed by atoms with E-state index in [1.807, 2.05) is 18.3 Å². The van der Waals surface area contributed by atoms with Crippen LogP contribution in [0.3, 0.4) is 0 Å². The Labute approximate surface area is 226 Å². The molecule has 4 aromatic heterocycles. The zero-order valence-corrected chi connectivity index (χ0v) is 21.5. The first-order chi connectivity index (χ1) is 19.0. The SMILES string of the molecule is N=C(c1cc2c(-c3ccc(F)cc3)cncc2[nH]1)c1cc(-c2cncc(CNCC3CCCC3)c2)ncc1N. The second-order valence-electron chi connectivity index (χ2n) is 10.2. The molecule has 39 heavy (non-hydrogen) atoms. The molecule has 0 radical (unpaired) electrons. The monoisotopic (exact) mass is 519 g/mol. The molecule has 1 aliphatic rings. The number of pyridine rings is 3. The Morgan fingerprint density at radius 1 is 0.974 bits per heavy atom. The maximum absolute atomic E-state index is 13.5. The van der Waals surface area contributed by atoms with Crippen molar-refractivity contribution in [2.45, 2.75) is 32.2 Å². The van der Waals surface area contributed by atoms with E-state index in [0.29, 0.717) is 22.6 Å². The normalized spacial score (nSPS) is 13.8. The van der Waals surface area contributed by atoms with E-state index in [9.17, 15) is 4.39 Å². The molecular formula is C31H30FN7. The number of anilines is 1. The molecule has 0 amide bonds. The van der Waals surface area contributed by atoms with Crippen molar-refractivity contribution < 1.29 is 4.39 Å². The minimum Gasteiger partial charge on any atom is -0.397 e. The van der Waals surface area contributed by atoms with Gasteiger partial charge in [0.05, 0.1) is 40.7 Å². The first-order valence-corrected chi connectivity index (χ1v) is 13.3. The van der Waals surface area contributed by atoms with E-state index in [1.165, 1.54) is 37.8 Å². The number of aromatic amines is 1. The van der Waals surface area contributed by atoms with Crippen molar-refractivity contribution in [2.75, 3.05) is 12.3 Å². The molecule has 0 saturated heterocycles. The van der Waals surface area contributed by atoms with Crippen LogP contribution in [-0.4, -0.2) is 32.2 Å². The topological polar surface area (TPSA) is 116 Å². The maximum Gasteiger partial charge on any atom is 0.123 e. The highest BCUT2D eigenvalue weighted by Crippen LogP contribution is 2.30. The Kier molecular flexibility index (Phi) is 6.85. The smallest absolute Gasteiger partial charge is 0.123 e. The van der Waals surface area contributed by atoms with Crippen LogP contribution in [-0.2, 0) is 6.54 Å². The van der Waals surface area contributed by atoms with Crippen LogP contribution in [0.15, 0.2) is 73.4 Å². The molecule has 6 rings (SSSR count). The lowest BCUT2D eigenvalue weighted by Gasteiger charge is -2.12. The number of nitrogens with zero attached hydrogens (tertiary/aromatic N) is 3. The van der Waals surface area contributed by atoms with Gasteiger partial charge in [-0.3, -0.25) is 20.4 Å². The van der Waals surface area contributed by atoms with Crippen molar-refractivity contribution in [2.24, 2.45) is 5.92 Å². The van der Waals surface area contributed by atoms with Gasteiger partial charge < -0.3 is 16.0 Å². The number of halogens is 1. The summed E-state index contributed by atoms with van der Waals surface area (Å²) in [4.78, 5) is 16.6. The lowest BCUT2D eigenvalue weighted by molar-refractivity contribution is 0.489. The maximum atomic E-state index is 13.5. The molecule has 1 aliphatic carbocycles. The van der Waals surface area contributed by atoms with Crippen LogP contribution in [0.25, 0.3) is 33.3 Å². The molecule has 1 saturated carbocycles. The molecule has 1 aromatic carbocycles. The van der Waals surface area contributed by atoms with Crippen molar-refractivity contribution in [3.8, 4) is 22.4 Å². The Morgan fingerprint density at radius 2 is 1.77 bits per heavy atom. The highest BCUT2D eigenvalue weighted by Gasteiger charge is 2.17. The number of nitrogen functional groups attached to an aromatic ring is 1. The van der Waals surface area contributed by atoms with Gasteiger partial charge in [0, 0.05) is 47.2 Å². The standard InChI is InChI=1S/C31H30FN7/c32-23-7-5-21(6-8-23)26-16-37-18-30-24(26)10-29(39-30)31(34)25-11-28(38-17-27(25)33)22-9-20(14-36-15-22)13-35-12-19-3-1-2-4-19/h5-11,14-19,34-35,39H,1-4,12-13,33H2. The summed E-state index contributed by atoms with van der Waals surface area (Å²) in [5.41, 5.74) is 13.3. The fourth-order valence-corrected chi connectivity index (χ4v) is 5.39. The number of hydrogen-bond donors (Lipinski definition) is 4. The number of fused-ring (bicyclic) bond motifs is 1. The van der Waals surface area contributed by atoms with Crippen molar-refractivity contribution in [1.82, 2.24) is 25.3 Å². The van der Waals surface area contributed by atoms with Gasteiger partial charge in [0.15, 0.2) is 0 Å². The summed E-state index contributed by atoms with van der Waals surface area (Å²) in [6.07, 6.45) is 14.0. The van der Waals surface area contributed by atoms with E-state index in [2.05, 4.69) is 31.3 Å². The van der Waals surface area contributed by atoms with Gasteiger partial charge in [-0.2, -0.15) is 0 Å². The molecule has 5 aromatic rings. The van der Waals surface area contributed by atoms with Crippen molar-refractivity contribution in [3.63, 3.8) is 0 Å². The largest absolute Gasteiger partial charge is 0.397 e. The summed E-state index contributed by atoms with van der Waals surface area (Å²) in [5, 5.41) is 13.5. The summed E-state index contributed by atoms with van der Waals surface area (Å²) in [6.45, 7) is 1.79. The molecule has 7 nitrogen and oxygen atoms in total. The molecule has 0 spiro atoms. The predicted octanol–water partition coefficient (Wildman–Crippen LogP) is 6.10. The molecule has 0 atom stereocenters. The van der Waals surface area contributed by atoms with Gasteiger partial charge >= 0.3 is 0 Å². The quantitative estimate of drug-likeness (QED) is 0.185. The van der Waals surface area contributed by atoms with Gasteiger partial charge in [-0.1, -0.05) is 25.0 Å². The van der Waals surface area contributed by atoms with Gasteiger partial charge in [-0.25, -0.2) is 4.39 Å². The lowest BCUT2D eigenvalue weighted by Crippen LogP contribution is -2.20. The van der Waals surface area contributed by atoms with E-state index in [1.54, 1.807) is 36.9 Å².